The Labute approximate surface area is 57.9 Å². The van der Waals surface area contributed by atoms with E-state index in [9.17, 15) is 4.79 Å². The molecular formula is C5H9NO2S. The number of thioether (sulfide) groups is 1. The maximum Gasteiger partial charge on any atom is 0.308 e. The quantitative estimate of drug-likeness (QED) is 0.528. The lowest BCUT2D eigenvalue weighted by Crippen LogP contribution is -2.26. The van der Waals surface area contributed by atoms with E-state index in [2.05, 4.69) is 0 Å². The maximum atomic E-state index is 10.5. The average Bonchev–Trinajstić information content (AvgIpc) is 2.10. The van der Waals surface area contributed by atoms with Crippen LogP contribution in [0.15, 0.2) is 0 Å². The molecule has 1 rings (SSSR count). The molecule has 1 heterocycles. The summed E-state index contributed by atoms with van der Waals surface area (Å²) >= 11 is 1.48. The van der Waals surface area contributed by atoms with E-state index in [1.165, 1.54) is 11.8 Å². The summed E-state index contributed by atoms with van der Waals surface area (Å²) in [5.41, 5.74) is 5.40. The van der Waals surface area contributed by atoms with Gasteiger partial charge in [-0.2, -0.15) is 0 Å². The monoisotopic (exact) mass is 147 g/mol. The van der Waals surface area contributed by atoms with Gasteiger partial charge in [-0.15, -0.1) is 11.8 Å². The average molecular weight is 147 g/mol. The van der Waals surface area contributed by atoms with Crippen LogP contribution in [0.3, 0.4) is 0 Å². The number of carbonyl (C=O) groups is 1. The number of esters is 1. The second-order valence-electron chi connectivity index (χ2n) is 1.96. The first kappa shape index (κ1) is 6.89. The number of ether oxygens (including phenoxy) is 1. The molecule has 2 unspecified atom stereocenters. The van der Waals surface area contributed by atoms with Crippen molar-refractivity contribution in [3.63, 3.8) is 0 Å². The van der Waals surface area contributed by atoms with E-state index in [0.29, 0.717) is 6.42 Å². The molecule has 0 aromatic carbocycles. The van der Waals surface area contributed by atoms with Crippen molar-refractivity contribution < 1.29 is 9.53 Å². The first-order chi connectivity index (χ1) is 4.24. The Morgan fingerprint density at radius 3 is 2.78 bits per heavy atom. The second kappa shape index (κ2) is 2.58. The number of carbonyl (C=O) groups excluding carboxylic acids is 1. The fourth-order valence-corrected chi connectivity index (χ4v) is 1.43. The lowest BCUT2D eigenvalue weighted by molar-refractivity contribution is -0.138. The SMILES string of the molecule is CSC1OC(=O)CC1N. The van der Waals surface area contributed by atoms with Gasteiger partial charge in [0.1, 0.15) is 0 Å². The molecule has 52 valence electrons. The molecule has 0 aromatic rings. The van der Waals surface area contributed by atoms with E-state index in [1.54, 1.807) is 0 Å². The molecule has 9 heavy (non-hydrogen) atoms. The van der Waals surface area contributed by atoms with Crippen LogP contribution >= 0.6 is 11.8 Å². The predicted molar refractivity (Wildman–Crippen MR) is 36.0 cm³/mol. The minimum atomic E-state index is -0.179. The van der Waals surface area contributed by atoms with Gasteiger partial charge in [-0.3, -0.25) is 4.79 Å². The highest BCUT2D eigenvalue weighted by atomic mass is 32.2. The topological polar surface area (TPSA) is 52.3 Å². The largest absolute Gasteiger partial charge is 0.450 e. The summed E-state index contributed by atoms with van der Waals surface area (Å²) < 4.78 is 4.82. The van der Waals surface area contributed by atoms with Crippen LogP contribution < -0.4 is 5.73 Å². The van der Waals surface area contributed by atoms with Crippen LogP contribution in [0.1, 0.15) is 6.42 Å². The number of rotatable bonds is 1. The Morgan fingerprint density at radius 2 is 2.56 bits per heavy atom. The van der Waals surface area contributed by atoms with E-state index in [-0.39, 0.29) is 17.4 Å². The van der Waals surface area contributed by atoms with Gasteiger partial charge in [-0.25, -0.2) is 0 Å². The predicted octanol–water partition coefficient (Wildman–Crippen LogP) is -0.0503. The van der Waals surface area contributed by atoms with Gasteiger partial charge < -0.3 is 10.5 Å². The zero-order valence-electron chi connectivity index (χ0n) is 5.16. The van der Waals surface area contributed by atoms with Crippen LogP contribution in [0.2, 0.25) is 0 Å². The first-order valence-electron chi connectivity index (χ1n) is 2.72. The molecule has 0 bridgehead atoms. The minimum Gasteiger partial charge on any atom is -0.450 e. The number of hydrogen-bond donors (Lipinski definition) is 1. The molecular weight excluding hydrogens is 138 g/mol. The summed E-state index contributed by atoms with van der Waals surface area (Å²) in [6.07, 6.45) is 2.24. The standard InChI is InChI=1S/C5H9NO2S/c1-9-5-3(6)2-4(7)8-5/h3,5H,2,6H2,1H3. The highest BCUT2D eigenvalue weighted by Crippen LogP contribution is 2.20. The van der Waals surface area contributed by atoms with Crippen LogP contribution in [0.5, 0.6) is 0 Å². The van der Waals surface area contributed by atoms with Gasteiger partial charge in [0, 0.05) is 0 Å². The molecule has 0 saturated carbocycles. The van der Waals surface area contributed by atoms with Gasteiger partial charge in [0.15, 0.2) is 5.44 Å². The highest BCUT2D eigenvalue weighted by Gasteiger charge is 2.30. The molecule has 0 spiro atoms. The van der Waals surface area contributed by atoms with Crippen LogP contribution in [-0.4, -0.2) is 23.7 Å². The Bertz CT molecular complexity index is 128. The van der Waals surface area contributed by atoms with Crippen molar-refractivity contribution in [2.45, 2.75) is 17.9 Å². The van der Waals surface area contributed by atoms with Crippen molar-refractivity contribution in [2.75, 3.05) is 6.26 Å². The summed E-state index contributed by atoms with van der Waals surface area (Å²) in [6.45, 7) is 0. The van der Waals surface area contributed by atoms with E-state index >= 15 is 0 Å². The third-order valence-corrected chi connectivity index (χ3v) is 2.14. The molecule has 1 saturated heterocycles. The van der Waals surface area contributed by atoms with Gasteiger partial charge in [-0.05, 0) is 6.26 Å². The van der Waals surface area contributed by atoms with Crippen molar-refractivity contribution in [1.29, 1.82) is 0 Å². The maximum absolute atomic E-state index is 10.5. The Kier molecular flexibility index (Phi) is 1.97. The molecule has 2 N–H and O–H groups in total. The molecule has 1 aliphatic heterocycles. The van der Waals surface area contributed by atoms with Crippen LogP contribution in [0, 0.1) is 0 Å². The third kappa shape index (κ3) is 1.37. The van der Waals surface area contributed by atoms with Gasteiger partial charge in [-0.1, -0.05) is 0 Å². The summed E-state index contributed by atoms with van der Waals surface area (Å²) in [4.78, 5) is 10.5. The third-order valence-electron chi connectivity index (χ3n) is 1.23. The number of cyclic esters (lactones) is 1. The summed E-state index contributed by atoms with van der Waals surface area (Å²) in [6, 6.07) is -0.104. The van der Waals surface area contributed by atoms with Crippen LogP contribution in [-0.2, 0) is 9.53 Å². The Hall–Kier alpha value is -0.220. The number of nitrogens with two attached hydrogens (primary N) is 1. The summed E-state index contributed by atoms with van der Waals surface area (Å²) in [5, 5.41) is 0. The van der Waals surface area contributed by atoms with E-state index in [4.69, 9.17) is 10.5 Å². The summed E-state index contributed by atoms with van der Waals surface area (Å²) in [7, 11) is 0. The molecule has 1 fully saturated rings. The van der Waals surface area contributed by atoms with Gasteiger partial charge >= 0.3 is 5.97 Å². The normalized spacial score (nSPS) is 34.7. The van der Waals surface area contributed by atoms with Crippen molar-refractivity contribution >= 4 is 17.7 Å². The van der Waals surface area contributed by atoms with Gasteiger partial charge in [0.05, 0.1) is 12.5 Å². The molecule has 4 heteroatoms. The Morgan fingerprint density at radius 1 is 1.89 bits per heavy atom. The first-order valence-corrected chi connectivity index (χ1v) is 4.00. The fourth-order valence-electron chi connectivity index (χ4n) is 0.777. The smallest absolute Gasteiger partial charge is 0.308 e. The van der Waals surface area contributed by atoms with E-state index in [1.807, 2.05) is 6.26 Å². The highest BCUT2D eigenvalue weighted by molar-refractivity contribution is 7.99. The van der Waals surface area contributed by atoms with Crippen molar-refractivity contribution in [3.8, 4) is 0 Å². The van der Waals surface area contributed by atoms with Crippen molar-refractivity contribution in [1.82, 2.24) is 0 Å². The summed E-state index contributed by atoms with van der Waals surface area (Å²) in [5.74, 6) is -0.179. The molecule has 3 nitrogen and oxygen atoms in total. The van der Waals surface area contributed by atoms with Crippen molar-refractivity contribution in [2.24, 2.45) is 5.73 Å². The molecule has 0 aliphatic carbocycles. The molecule has 0 amide bonds. The van der Waals surface area contributed by atoms with Gasteiger partial charge in [0.25, 0.3) is 0 Å². The van der Waals surface area contributed by atoms with Crippen molar-refractivity contribution in [3.05, 3.63) is 0 Å². The molecule has 0 aromatic heterocycles. The van der Waals surface area contributed by atoms with E-state index < -0.39 is 0 Å². The lowest BCUT2D eigenvalue weighted by atomic mass is 10.3. The lowest BCUT2D eigenvalue weighted by Gasteiger charge is -2.08. The molecule has 1 aliphatic rings. The number of hydrogen-bond acceptors (Lipinski definition) is 4. The fraction of sp³-hybridized carbons (Fsp3) is 0.800. The second-order valence-corrected chi connectivity index (χ2v) is 2.90. The van der Waals surface area contributed by atoms with Crippen LogP contribution in [0.4, 0.5) is 0 Å². The Balaban J connectivity index is 2.47. The van der Waals surface area contributed by atoms with E-state index in [0.717, 1.165) is 0 Å². The van der Waals surface area contributed by atoms with Crippen LogP contribution in [0.25, 0.3) is 0 Å². The molecule has 2 atom stereocenters. The minimum absolute atomic E-state index is 0.104. The zero-order chi connectivity index (χ0) is 6.85. The van der Waals surface area contributed by atoms with Gasteiger partial charge in [0.2, 0.25) is 0 Å². The molecule has 0 radical (unpaired) electrons. The zero-order valence-corrected chi connectivity index (χ0v) is 5.98.